The normalized spacial score (nSPS) is 23.8. The second kappa shape index (κ2) is 7.82. The number of amides is 1. The molecule has 6 heteroatoms. The summed E-state index contributed by atoms with van der Waals surface area (Å²) in [5, 5.41) is 3.44. The average Bonchev–Trinajstić information content (AvgIpc) is 2.78. The third-order valence-corrected chi connectivity index (χ3v) is 6.55. The molecule has 6 nitrogen and oxygen atoms in total. The molecule has 1 amide bonds. The summed E-state index contributed by atoms with van der Waals surface area (Å²) in [7, 11) is 0. The first-order chi connectivity index (χ1) is 14.6. The number of hydrogen-bond acceptors (Lipinski definition) is 5. The number of rotatable bonds is 2. The number of hydrogen-bond donors (Lipinski definition) is 1. The molecular weight excluding hydrogens is 378 g/mol. The largest absolute Gasteiger partial charge is 0.488 e. The molecular formula is C24H29N3O3. The van der Waals surface area contributed by atoms with Gasteiger partial charge in [-0.15, -0.1) is 0 Å². The van der Waals surface area contributed by atoms with Crippen LogP contribution in [0.3, 0.4) is 0 Å². The second-order valence-electron chi connectivity index (χ2n) is 8.87. The Hall–Kier alpha value is -2.76. The van der Waals surface area contributed by atoms with Crippen molar-refractivity contribution in [3.63, 3.8) is 0 Å². The van der Waals surface area contributed by atoms with Crippen LogP contribution in [-0.2, 0) is 16.0 Å². The van der Waals surface area contributed by atoms with Gasteiger partial charge in [-0.3, -0.25) is 9.59 Å². The van der Waals surface area contributed by atoms with Crippen molar-refractivity contribution in [3.05, 3.63) is 52.6 Å². The number of anilines is 1. The molecule has 1 fully saturated rings. The summed E-state index contributed by atoms with van der Waals surface area (Å²) in [6.07, 6.45) is 6.87. The number of benzene rings is 1. The molecule has 0 aromatic heterocycles. The fourth-order valence-electron chi connectivity index (χ4n) is 5.00. The van der Waals surface area contributed by atoms with Crippen molar-refractivity contribution >= 4 is 17.4 Å². The number of fused-ring (bicyclic) bond motifs is 1. The molecule has 5 rings (SSSR count). The second-order valence-corrected chi connectivity index (χ2v) is 8.87. The summed E-state index contributed by atoms with van der Waals surface area (Å²) in [6.45, 7) is 5.64. The fourth-order valence-corrected chi connectivity index (χ4v) is 5.00. The number of dihydropyridines is 1. The van der Waals surface area contributed by atoms with Gasteiger partial charge in [-0.05, 0) is 61.4 Å². The fraction of sp³-hybridized carbons (Fsp3) is 0.500. The minimum Gasteiger partial charge on any atom is -0.488 e. The van der Waals surface area contributed by atoms with Crippen LogP contribution in [0.25, 0.3) is 0 Å². The van der Waals surface area contributed by atoms with E-state index in [9.17, 15) is 9.59 Å². The first kappa shape index (κ1) is 19.2. The van der Waals surface area contributed by atoms with Crippen molar-refractivity contribution < 1.29 is 14.3 Å². The molecule has 1 saturated heterocycles. The van der Waals surface area contributed by atoms with E-state index in [0.29, 0.717) is 25.5 Å². The highest BCUT2D eigenvalue weighted by Gasteiger charge is 2.30. The Balaban J connectivity index is 1.42. The Morgan fingerprint density at radius 1 is 1.13 bits per heavy atom. The summed E-state index contributed by atoms with van der Waals surface area (Å²) >= 11 is 0. The number of carbonyl (C=O) groups excluding carboxylic acids is 2. The topological polar surface area (TPSA) is 61.9 Å². The standard InChI is InChI=1S/C24H29N3O3/c1-16-11-17-13-19(5-6-20(17)21(28)12-16)27-9-10-30-22-14-18(15-25-23(22)27)24(29)26-7-3-2-4-8-26/h5-6,13-14,16,25H,2-4,7-12,15H2,1H3. The number of ketones is 1. The molecule has 3 heterocycles. The van der Waals surface area contributed by atoms with Gasteiger partial charge in [0.25, 0.3) is 5.91 Å². The van der Waals surface area contributed by atoms with Crippen molar-refractivity contribution in [1.82, 2.24) is 10.2 Å². The molecule has 0 saturated carbocycles. The van der Waals surface area contributed by atoms with E-state index in [1.54, 1.807) is 0 Å². The molecule has 30 heavy (non-hydrogen) atoms. The van der Waals surface area contributed by atoms with Crippen LogP contribution < -0.4 is 10.2 Å². The maximum Gasteiger partial charge on any atom is 0.251 e. The van der Waals surface area contributed by atoms with E-state index >= 15 is 0 Å². The van der Waals surface area contributed by atoms with Gasteiger partial charge in [0.1, 0.15) is 12.4 Å². The molecule has 0 bridgehead atoms. The molecule has 158 valence electrons. The average molecular weight is 408 g/mol. The monoisotopic (exact) mass is 407 g/mol. The lowest BCUT2D eigenvalue weighted by atomic mass is 9.84. The zero-order valence-corrected chi connectivity index (χ0v) is 17.6. The number of nitrogens with one attached hydrogen (secondary N) is 1. The third-order valence-electron chi connectivity index (χ3n) is 6.55. The predicted octanol–water partition coefficient (Wildman–Crippen LogP) is 3.00. The van der Waals surface area contributed by atoms with Crippen molar-refractivity contribution in [2.75, 3.05) is 37.7 Å². The van der Waals surface area contributed by atoms with Gasteiger partial charge in [0, 0.05) is 42.9 Å². The lowest BCUT2D eigenvalue weighted by Crippen LogP contribution is -2.45. The van der Waals surface area contributed by atoms with Crippen LogP contribution in [0.15, 0.2) is 41.4 Å². The third kappa shape index (κ3) is 3.48. The van der Waals surface area contributed by atoms with Gasteiger partial charge in [-0.2, -0.15) is 0 Å². The highest BCUT2D eigenvalue weighted by atomic mass is 16.5. The minimum atomic E-state index is 0.121. The van der Waals surface area contributed by atoms with Crippen LogP contribution in [0.1, 0.15) is 48.5 Å². The van der Waals surface area contributed by atoms with Gasteiger partial charge in [0.2, 0.25) is 0 Å². The van der Waals surface area contributed by atoms with Crippen LogP contribution >= 0.6 is 0 Å². The Labute approximate surface area is 177 Å². The number of Topliss-reactive ketones (excluding diaryl/α,β-unsaturated/α-hetero) is 1. The lowest BCUT2D eigenvalue weighted by Gasteiger charge is -2.37. The van der Waals surface area contributed by atoms with Crippen molar-refractivity contribution in [3.8, 4) is 0 Å². The number of piperidine rings is 1. The first-order valence-electron chi connectivity index (χ1n) is 11.1. The maximum absolute atomic E-state index is 12.9. The highest BCUT2D eigenvalue weighted by Crippen LogP contribution is 2.32. The molecule has 0 spiro atoms. The van der Waals surface area contributed by atoms with Gasteiger partial charge in [-0.1, -0.05) is 6.92 Å². The Morgan fingerprint density at radius 2 is 1.97 bits per heavy atom. The molecule has 1 atom stereocenters. The molecule has 4 aliphatic rings. The Bertz CT molecular complexity index is 943. The van der Waals surface area contributed by atoms with E-state index in [1.807, 2.05) is 23.1 Å². The molecule has 1 aliphatic carbocycles. The molecule has 1 unspecified atom stereocenters. The number of carbonyl (C=O) groups is 2. The summed E-state index contributed by atoms with van der Waals surface area (Å²) in [4.78, 5) is 29.4. The zero-order valence-electron chi connectivity index (χ0n) is 17.6. The molecule has 1 aromatic carbocycles. The molecule has 1 aromatic rings. The number of ether oxygens (including phenoxy) is 1. The van der Waals surface area contributed by atoms with Gasteiger partial charge < -0.3 is 19.9 Å². The molecule has 3 aliphatic heterocycles. The summed E-state index contributed by atoms with van der Waals surface area (Å²) in [6, 6.07) is 6.15. The van der Waals surface area contributed by atoms with Crippen LogP contribution in [0.4, 0.5) is 5.69 Å². The summed E-state index contributed by atoms with van der Waals surface area (Å²) < 4.78 is 5.92. The van der Waals surface area contributed by atoms with Crippen LogP contribution in [-0.4, -0.2) is 49.4 Å². The van der Waals surface area contributed by atoms with Gasteiger partial charge >= 0.3 is 0 Å². The predicted molar refractivity (Wildman–Crippen MR) is 115 cm³/mol. The van der Waals surface area contributed by atoms with E-state index in [-0.39, 0.29) is 11.7 Å². The number of likely N-dealkylation sites (tertiary alicyclic amines) is 1. The van der Waals surface area contributed by atoms with Crippen molar-refractivity contribution in [1.29, 1.82) is 0 Å². The number of allylic oxidation sites excluding steroid dienone is 1. The molecule has 0 radical (unpaired) electrons. The summed E-state index contributed by atoms with van der Waals surface area (Å²) in [5.41, 5.74) is 3.84. The van der Waals surface area contributed by atoms with Crippen molar-refractivity contribution in [2.24, 2.45) is 5.92 Å². The van der Waals surface area contributed by atoms with E-state index in [2.05, 4.69) is 23.2 Å². The van der Waals surface area contributed by atoms with Gasteiger partial charge in [0.15, 0.2) is 11.5 Å². The van der Waals surface area contributed by atoms with E-state index in [4.69, 9.17) is 4.74 Å². The SMILES string of the molecule is CC1CC(=O)c2ccc(N3CCOC4=C3NCC(C(=O)N3CCCCC3)=C4)cc2C1. The quantitative estimate of drug-likeness (QED) is 0.817. The number of nitrogens with zero attached hydrogens (tertiary/aromatic N) is 2. The zero-order chi connectivity index (χ0) is 20.7. The van der Waals surface area contributed by atoms with Crippen molar-refractivity contribution in [2.45, 2.75) is 39.0 Å². The highest BCUT2D eigenvalue weighted by molar-refractivity contribution is 5.99. The minimum absolute atomic E-state index is 0.121. The van der Waals surface area contributed by atoms with Gasteiger partial charge in [-0.25, -0.2) is 0 Å². The Kier molecular flexibility index (Phi) is 5.01. The first-order valence-corrected chi connectivity index (χ1v) is 11.1. The van der Waals surface area contributed by atoms with Crippen LogP contribution in [0.2, 0.25) is 0 Å². The smallest absolute Gasteiger partial charge is 0.251 e. The summed E-state index contributed by atoms with van der Waals surface area (Å²) in [5.74, 6) is 2.40. The van der Waals surface area contributed by atoms with E-state index in [1.165, 1.54) is 6.42 Å². The van der Waals surface area contributed by atoms with Crippen LogP contribution in [0, 0.1) is 5.92 Å². The van der Waals surface area contributed by atoms with Crippen LogP contribution in [0.5, 0.6) is 0 Å². The molecule has 1 N–H and O–H groups in total. The van der Waals surface area contributed by atoms with Gasteiger partial charge in [0.05, 0.1) is 6.54 Å². The lowest BCUT2D eigenvalue weighted by molar-refractivity contribution is -0.128. The van der Waals surface area contributed by atoms with E-state index in [0.717, 1.165) is 72.9 Å². The Morgan fingerprint density at radius 3 is 2.80 bits per heavy atom. The maximum atomic E-state index is 12.9. The van der Waals surface area contributed by atoms with E-state index < -0.39 is 0 Å².